The summed E-state index contributed by atoms with van der Waals surface area (Å²) in [6, 6.07) is 20.2. The Labute approximate surface area is 171 Å². The summed E-state index contributed by atoms with van der Waals surface area (Å²) in [5, 5.41) is 18.8. The van der Waals surface area contributed by atoms with E-state index in [4.69, 9.17) is 31.8 Å². The molecule has 3 rings (SSSR count). The Bertz CT molecular complexity index is 589. The van der Waals surface area contributed by atoms with Crippen LogP contribution < -0.4 is 5.59 Å². The van der Waals surface area contributed by atoms with E-state index in [2.05, 4.69) is 0 Å². The van der Waals surface area contributed by atoms with Crippen LogP contribution in [0.2, 0.25) is 0 Å². The summed E-state index contributed by atoms with van der Waals surface area (Å²) in [5.74, 6) is 0. The van der Waals surface area contributed by atoms with Crippen LogP contribution in [-0.2, 0) is 16.8 Å². The maximum Gasteiger partial charge on any atom is 2.00 e. The molecule has 0 unspecified atom stereocenters. The van der Waals surface area contributed by atoms with Crippen LogP contribution in [0.1, 0.15) is 12.8 Å². The molecule has 1 aliphatic heterocycles. The van der Waals surface area contributed by atoms with Crippen LogP contribution in [0.5, 0.6) is 0 Å². The van der Waals surface area contributed by atoms with E-state index in [0.29, 0.717) is 0 Å². The van der Waals surface area contributed by atoms with Gasteiger partial charge >= 0.3 is 16.8 Å². The maximum absolute atomic E-state index is 7.25. The summed E-state index contributed by atoms with van der Waals surface area (Å²) in [6.45, 7) is 3.01. The molecule has 1 aliphatic rings. The van der Waals surface area contributed by atoms with Gasteiger partial charge in [-0.3, -0.25) is 0 Å². The quantitative estimate of drug-likeness (QED) is 0.470. The molecule has 0 N–H and O–H groups in total. The zero-order valence-corrected chi connectivity index (χ0v) is 16.0. The smallest absolute Gasteiger partial charge is 0.662 e. The molecule has 7 heteroatoms. The molecule has 1 heterocycles. The average molecular weight is 407 g/mol. The Kier molecular flexibility index (Phi) is 11.4. The van der Waals surface area contributed by atoms with Crippen molar-refractivity contribution in [2.45, 2.75) is 12.8 Å². The number of rotatable bonds is 0. The van der Waals surface area contributed by atoms with E-state index < -0.39 is 0 Å². The van der Waals surface area contributed by atoms with Crippen molar-refractivity contribution in [3.05, 3.63) is 86.8 Å². The van der Waals surface area contributed by atoms with Crippen LogP contribution in [-0.4, -0.2) is 26.2 Å². The van der Waals surface area contributed by atoms with Gasteiger partial charge in [-0.05, 0) is 22.7 Å². The van der Waals surface area contributed by atoms with Crippen LogP contribution in [0.15, 0.2) is 60.7 Å². The van der Waals surface area contributed by atoms with E-state index in [0.717, 1.165) is 61.8 Å². The summed E-state index contributed by atoms with van der Waals surface area (Å²) in [4.78, 5) is 7.25. The molecule has 2 aromatic carbocycles. The van der Waals surface area contributed by atoms with Gasteiger partial charge in [-0.1, -0.05) is 12.8 Å². The Morgan fingerprint density at radius 1 is 0.667 bits per heavy atom. The first-order valence-corrected chi connectivity index (χ1v) is 8.66. The number of nitroso groups, excluding NO2 is 1. The molecule has 0 fully saturated rings. The average Bonchev–Trinajstić information content (AvgIpc) is 3.03. The minimum absolute atomic E-state index is 0. The van der Waals surface area contributed by atoms with E-state index in [1.807, 2.05) is 60.7 Å². The monoisotopic (exact) mass is 407 g/mol. The second-order valence-corrected chi connectivity index (χ2v) is 5.60. The van der Waals surface area contributed by atoms with Gasteiger partial charge in [0.25, 0.3) is 0 Å². The molecule has 0 saturated carbocycles. The fraction of sp³-hybridized carbons (Fsp3) is 0.300. The molecule has 0 aliphatic carbocycles. The fourth-order valence-corrected chi connectivity index (χ4v) is 2.53. The van der Waals surface area contributed by atoms with Crippen LogP contribution >= 0.6 is 0 Å². The normalized spacial score (nSPS) is 13.5. The van der Waals surface area contributed by atoms with Gasteiger partial charge in [-0.15, -0.1) is 31.1 Å². The zero-order chi connectivity index (χ0) is 18.5. The minimum atomic E-state index is 0. The molecule has 2 aromatic rings. The van der Waals surface area contributed by atoms with Crippen molar-refractivity contribution in [2.75, 3.05) is 26.2 Å². The van der Waals surface area contributed by atoms with Crippen LogP contribution in [0, 0.1) is 4.91 Å². The minimum Gasteiger partial charge on any atom is -0.662 e. The van der Waals surface area contributed by atoms with Crippen molar-refractivity contribution in [3.63, 3.8) is 0 Å². The third-order valence-corrected chi connectivity index (χ3v) is 3.75. The van der Waals surface area contributed by atoms with Gasteiger partial charge < -0.3 is 21.3 Å². The van der Waals surface area contributed by atoms with Crippen LogP contribution in [0.3, 0.4) is 0 Å². The number of hydrogen-bond acceptors (Lipinski definition) is 1. The molecule has 0 spiro atoms. The number of nitrogens with zero attached hydrogens (tertiary/aromatic N) is 5. The Morgan fingerprint density at radius 3 is 1.59 bits per heavy atom. The molecular weight excluding hydrogens is 385 g/mol. The van der Waals surface area contributed by atoms with Gasteiger partial charge in [0, 0.05) is 60.7 Å². The second-order valence-electron chi connectivity index (χ2n) is 5.60. The van der Waals surface area contributed by atoms with E-state index in [1.165, 1.54) is 0 Å². The molecular formula is C20H22CoN5O. The molecule has 27 heavy (non-hydrogen) atoms. The van der Waals surface area contributed by atoms with E-state index in [9.17, 15) is 0 Å². The first-order chi connectivity index (χ1) is 12.9. The van der Waals surface area contributed by atoms with Gasteiger partial charge in [0.15, 0.2) is 0 Å². The predicted molar refractivity (Wildman–Crippen MR) is 108 cm³/mol. The molecule has 0 saturated heterocycles. The molecule has 0 amide bonds. The SMILES string of the molecule is [Co+2].[N]=O.c1ccc2[c+](cc1)[N-]CCC[N-][c+]1cccccc1[N-]CCC[N-]2. The first kappa shape index (κ1) is 22.5. The Hall–Kier alpha value is -2.51. The summed E-state index contributed by atoms with van der Waals surface area (Å²) >= 11 is 0. The molecule has 0 bridgehead atoms. The predicted octanol–water partition coefficient (Wildman–Crippen LogP) is 6.31. The van der Waals surface area contributed by atoms with Gasteiger partial charge in [-0.2, -0.15) is 0 Å². The fourth-order valence-electron chi connectivity index (χ4n) is 2.53. The van der Waals surface area contributed by atoms with Crippen molar-refractivity contribution in [2.24, 2.45) is 0 Å². The van der Waals surface area contributed by atoms with Gasteiger partial charge in [0.2, 0.25) is 0 Å². The second kappa shape index (κ2) is 13.7. The van der Waals surface area contributed by atoms with Gasteiger partial charge in [-0.25, -0.2) is 0 Å². The molecule has 0 atom stereocenters. The van der Waals surface area contributed by atoms with Crippen molar-refractivity contribution in [3.8, 4) is 0 Å². The van der Waals surface area contributed by atoms with Crippen molar-refractivity contribution in [1.29, 1.82) is 0 Å². The number of hydrogen-bond donors (Lipinski definition) is 0. The largest absolute Gasteiger partial charge is 2.00 e. The van der Waals surface area contributed by atoms with Crippen LogP contribution in [0.4, 0.5) is 22.7 Å². The third kappa shape index (κ3) is 7.72. The third-order valence-electron chi connectivity index (χ3n) is 3.75. The zero-order valence-electron chi connectivity index (χ0n) is 15.0. The van der Waals surface area contributed by atoms with Gasteiger partial charge in [0.1, 0.15) is 5.59 Å². The van der Waals surface area contributed by atoms with E-state index >= 15 is 0 Å². The van der Waals surface area contributed by atoms with E-state index in [1.54, 1.807) is 0 Å². The van der Waals surface area contributed by atoms with Crippen molar-refractivity contribution < 1.29 is 16.8 Å². The van der Waals surface area contributed by atoms with Crippen LogP contribution in [0.25, 0.3) is 21.3 Å². The van der Waals surface area contributed by atoms with Gasteiger partial charge in [0.05, 0.1) is 0 Å². The summed E-state index contributed by atoms with van der Waals surface area (Å²) < 4.78 is 0. The molecule has 2 radical (unpaired) electrons. The molecule has 0 aromatic heterocycles. The van der Waals surface area contributed by atoms with E-state index in [-0.39, 0.29) is 16.8 Å². The maximum atomic E-state index is 7.25. The molecule has 6 nitrogen and oxygen atoms in total. The summed E-state index contributed by atoms with van der Waals surface area (Å²) in [6.07, 6.45) is 1.83. The first-order valence-electron chi connectivity index (χ1n) is 8.66. The van der Waals surface area contributed by atoms with Crippen molar-refractivity contribution in [1.82, 2.24) is 5.59 Å². The Balaban J connectivity index is 0.00000118. The summed E-state index contributed by atoms with van der Waals surface area (Å²) in [7, 11) is 0. The number of fused-ring (bicyclic) bond motifs is 2. The standard InChI is InChI=1S/C20H22N4.Co.NO/c1-3-9-17-18(10-4-1)22-14-8-16-24-20-12-6-2-5-11-19(20)23-15-7-13-21-17;;1-2/h1-6,9-12H,7-8,13-16H2;;/q-2;+2;. The topological polar surface area (TPSA) is 95.8 Å². The summed E-state index contributed by atoms with van der Waals surface area (Å²) in [5.41, 5.74) is 9.59. The Morgan fingerprint density at radius 2 is 1.11 bits per heavy atom. The molecule has 142 valence electrons. The van der Waals surface area contributed by atoms with Crippen molar-refractivity contribution >= 4 is 22.7 Å².